The molecule has 1 heterocycles. The number of hydrogen-bond donors (Lipinski definition) is 1. The van der Waals surface area contributed by atoms with Gasteiger partial charge in [0.25, 0.3) is 5.91 Å². The summed E-state index contributed by atoms with van der Waals surface area (Å²) in [5.74, 6) is -0.122. The molecule has 1 N–H and O–H groups in total. The van der Waals surface area contributed by atoms with Gasteiger partial charge in [0.05, 0.1) is 7.11 Å². The van der Waals surface area contributed by atoms with Crippen molar-refractivity contribution in [1.29, 1.82) is 0 Å². The van der Waals surface area contributed by atoms with Crippen molar-refractivity contribution >= 4 is 17.8 Å². The van der Waals surface area contributed by atoms with Gasteiger partial charge in [0.1, 0.15) is 11.5 Å². The van der Waals surface area contributed by atoms with Crippen molar-refractivity contribution in [3.05, 3.63) is 70.7 Å². The Balaban J connectivity index is 1.95. The largest absolute Gasteiger partial charge is 0.494 e. The molecule has 0 saturated heterocycles. The van der Waals surface area contributed by atoms with Crippen LogP contribution in [0.3, 0.4) is 0 Å². The Labute approximate surface area is 133 Å². The summed E-state index contributed by atoms with van der Waals surface area (Å²) >= 11 is 0. The SMILES string of the molecule is COc1ccc(/C=C2/N=C(c3ccccc3C)NC2=O)cc1F. The number of ether oxygens (including phenoxy) is 1. The highest BCUT2D eigenvalue weighted by Gasteiger charge is 2.22. The Kier molecular flexibility index (Phi) is 3.93. The summed E-state index contributed by atoms with van der Waals surface area (Å²) in [6, 6.07) is 12.1. The number of aliphatic imine (C=N–C) groups is 1. The zero-order valence-electron chi connectivity index (χ0n) is 12.8. The predicted molar refractivity (Wildman–Crippen MR) is 86.8 cm³/mol. The van der Waals surface area contributed by atoms with Crippen molar-refractivity contribution < 1.29 is 13.9 Å². The Morgan fingerprint density at radius 2 is 2.00 bits per heavy atom. The number of halogens is 1. The smallest absolute Gasteiger partial charge is 0.275 e. The van der Waals surface area contributed by atoms with E-state index in [2.05, 4.69) is 10.3 Å². The average Bonchev–Trinajstić information content (AvgIpc) is 2.89. The highest BCUT2D eigenvalue weighted by molar-refractivity contribution is 6.20. The molecule has 4 nitrogen and oxygen atoms in total. The molecule has 0 fully saturated rings. The Hall–Kier alpha value is -2.95. The number of amides is 1. The number of nitrogens with zero attached hydrogens (tertiary/aromatic N) is 1. The molecule has 2 aromatic rings. The van der Waals surface area contributed by atoms with Crippen LogP contribution in [0.4, 0.5) is 4.39 Å². The Morgan fingerprint density at radius 1 is 1.22 bits per heavy atom. The van der Waals surface area contributed by atoms with Gasteiger partial charge in [0.2, 0.25) is 0 Å². The molecule has 0 saturated carbocycles. The molecule has 23 heavy (non-hydrogen) atoms. The number of carbonyl (C=O) groups is 1. The van der Waals surface area contributed by atoms with Crippen molar-refractivity contribution in [2.45, 2.75) is 6.92 Å². The first kappa shape index (κ1) is 15.0. The second-order valence-electron chi connectivity index (χ2n) is 5.15. The molecular weight excluding hydrogens is 295 g/mol. The minimum absolute atomic E-state index is 0.159. The standard InChI is InChI=1S/C18H15FN2O2/c1-11-5-3-4-6-13(11)17-20-15(18(22)21-17)10-12-7-8-16(23-2)14(19)9-12/h3-10H,1-2H3,(H,20,21,22)/b15-10+. The first-order valence-electron chi connectivity index (χ1n) is 7.10. The van der Waals surface area contributed by atoms with Crippen LogP contribution in [-0.2, 0) is 4.79 Å². The lowest BCUT2D eigenvalue weighted by molar-refractivity contribution is -0.115. The number of methoxy groups -OCH3 is 1. The molecule has 1 aliphatic rings. The molecule has 0 radical (unpaired) electrons. The molecule has 0 unspecified atom stereocenters. The van der Waals surface area contributed by atoms with Crippen molar-refractivity contribution in [3.8, 4) is 5.75 Å². The molecule has 0 spiro atoms. The third-order valence-electron chi connectivity index (χ3n) is 3.58. The van der Waals surface area contributed by atoms with E-state index in [0.717, 1.165) is 11.1 Å². The lowest BCUT2D eigenvalue weighted by Gasteiger charge is -2.03. The summed E-state index contributed by atoms with van der Waals surface area (Å²) in [7, 11) is 1.40. The van der Waals surface area contributed by atoms with Crippen molar-refractivity contribution in [1.82, 2.24) is 5.32 Å². The number of nitrogens with one attached hydrogen (secondary N) is 1. The summed E-state index contributed by atoms with van der Waals surface area (Å²) < 4.78 is 18.6. The quantitative estimate of drug-likeness (QED) is 0.886. The van der Waals surface area contributed by atoms with Crippen molar-refractivity contribution in [2.75, 3.05) is 7.11 Å². The van der Waals surface area contributed by atoms with Crippen LogP contribution in [0.25, 0.3) is 6.08 Å². The molecular formula is C18H15FN2O2. The van der Waals surface area contributed by atoms with E-state index in [-0.39, 0.29) is 17.4 Å². The fourth-order valence-electron chi connectivity index (χ4n) is 2.37. The van der Waals surface area contributed by atoms with Gasteiger partial charge >= 0.3 is 0 Å². The molecule has 0 atom stereocenters. The van der Waals surface area contributed by atoms with Crippen molar-refractivity contribution in [2.24, 2.45) is 4.99 Å². The number of amidine groups is 1. The fourth-order valence-corrected chi connectivity index (χ4v) is 2.37. The topological polar surface area (TPSA) is 50.7 Å². The Bertz CT molecular complexity index is 841. The van der Waals surface area contributed by atoms with E-state index in [0.29, 0.717) is 11.4 Å². The number of carbonyl (C=O) groups excluding carboxylic acids is 1. The van der Waals surface area contributed by atoms with Crippen LogP contribution in [0, 0.1) is 12.7 Å². The monoisotopic (exact) mass is 310 g/mol. The average molecular weight is 310 g/mol. The molecule has 5 heteroatoms. The molecule has 0 aromatic heterocycles. The summed E-state index contributed by atoms with van der Waals surface area (Å²) in [5, 5.41) is 2.74. The highest BCUT2D eigenvalue weighted by atomic mass is 19.1. The van der Waals surface area contributed by atoms with Gasteiger partial charge in [-0.25, -0.2) is 9.38 Å². The van der Waals surface area contributed by atoms with E-state index in [1.807, 2.05) is 31.2 Å². The summed E-state index contributed by atoms with van der Waals surface area (Å²) in [6.07, 6.45) is 1.54. The summed E-state index contributed by atoms with van der Waals surface area (Å²) in [4.78, 5) is 16.4. The lowest BCUT2D eigenvalue weighted by atomic mass is 10.1. The summed E-state index contributed by atoms with van der Waals surface area (Å²) in [6.45, 7) is 1.95. The normalized spacial score (nSPS) is 15.5. The molecule has 1 amide bonds. The molecule has 0 aliphatic carbocycles. The first-order chi connectivity index (χ1) is 11.1. The van der Waals surface area contributed by atoms with Gasteiger partial charge in [-0.3, -0.25) is 4.79 Å². The van der Waals surface area contributed by atoms with E-state index in [1.54, 1.807) is 12.1 Å². The van der Waals surface area contributed by atoms with Crippen LogP contribution in [0.2, 0.25) is 0 Å². The van der Waals surface area contributed by atoms with E-state index >= 15 is 0 Å². The minimum atomic E-state index is -0.483. The van der Waals surface area contributed by atoms with Crippen LogP contribution in [-0.4, -0.2) is 18.9 Å². The minimum Gasteiger partial charge on any atom is -0.494 e. The number of rotatable bonds is 3. The lowest BCUT2D eigenvalue weighted by Crippen LogP contribution is -2.25. The van der Waals surface area contributed by atoms with Gasteiger partial charge in [-0.15, -0.1) is 0 Å². The third-order valence-corrected chi connectivity index (χ3v) is 3.58. The number of hydrogen-bond acceptors (Lipinski definition) is 3. The van der Waals surface area contributed by atoms with Gasteiger partial charge in [-0.1, -0.05) is 30.3 Å². The second-order valence-corrected chi connectivity index (χ2v) is 5.15. The molecule has 3 rings (SSSR count). The summed E-state index contributed by atoms with van der Waals surface area (Å²) in [5.41, 5.74) is 2.67. The van der Waals surface area contributed by atoms with Gasteiger partial charge in [-0.2, -0.15) is 0 Å². The van der Waals surface area contributed by atoms with E-state index in [4.69, 9.17) is 4.74 Å². The predicted octanol–water partition coefficient (Wildman–Crippen LogP) is 3.06. The maximum Gasteiger partial charge on any atom is 0.275 e. The van der Waals surface area contributed by atoms with E-state index in [9.17, 15) is 9.18 Å². The number of benzene rings is 2. The van der Waals surface area contributed by atoms with E-state index < -0.39 is 5.82 Å². The number of aryl methyl sites for hydroxylation is 1. The Morgan fingerprint density at radius 3 is 2.70 bits per heavy atom. The fraction of sp³-hybridized carbons (Fsp3) is 0.111. The maximum atomic E-state index is 13.7. The molecule has 1 aliphatic heterocycles. The third kappa shape index (κ3) is 2.99. The van der Waals surface area contributed by atoms with Gasteiger partial charge in [-0.05, 0) is 36.3 Å². The maximum absolute atomic E-state index is 13.7. The van der Waals surface area contributed by atoms with Gasteiger partial charge in [0.15, 0.2) is 11.6 Å². The van der Waals surface area contributed by atoms with Gasteiger partial charge in [0, 0.05) is 5.56 Å². The first-order valence-corrected chi connectivity index (χ1v) is 7.10. The molecule has 116 valence electrons. The van der Waals surface area contributed by atoms with Crippen LogP contribution >= 0.6 is 0 Å². The van der Waals surface area contributed by atoms with Crippen LogP contribution in [0.5, 0.6) is 5.75 Å². The van der Waals surface area contributed by atoms with Gasteiger partial charge < -0.3 is 10.1 Å². The highest BCUT2D eigenvalue weighted by Crippen LogP contribution is 2.21. The molecule has 2 aromatic carbocycles. The molecule has 0 bridgehead atoms. The zero-order chi connectivity index (χ0) is 16.4. The second kappa shape index (κ2) is 6.04. The van der Waals surface area contributed by atoms with Crippen molar-refractivity contribution in [3.63, 3.8) is 0 Å². The van der Waals surface area contributed by atoms with Crippen LogP contribution < -0.4 is 10.1 Å². The zero-order valence-corrected chi connectivity index (χ0v) is 12.8. The van der Waals surface area contributed by atoms with E-state index in [1.165, 1.54) is 19.2 Å². The van der Waals surface area contributed by atoms with Crippen LogP contribution in [0.15, 0.2) is 53.2 Å². The van der Waals surface area contributed by atoms with Crippen LogP contribution in [0.1, 0.15) is 16.7 Å².